The number of nitrogens with one attached hydrogen (secondary N) is 1. The number of hydrogen-bond donors (Lipinski definition) is 1. The van der Waals surface area contributed by atoms with Gasteiger partial charge in [-0.05, 0) is 67.7 Å². The number of hydrogen-bond acceptors (Lipinski definition) is 4. The zero-order valence-electron chi connectivity index (χ0n) is 18.0. The molecule has 1 aliphatic heterocycles. The van der Waals surface area contributed by atoms with E-state index in [2.05, 4.69) is 5.32 Å². The van der Waals surface area contributed by atoms with Crippen LogP contribution in [0.2, 0.25) is 0 Å². The fraction of sp³-hybridized carbons (Fsp3) is 0.240. The van der Waals surface area contributed by atoms with Crippen molar-refractivity contribution in [1.29, 1.82) is 0 Å². The Labute approximate surface area is 193 Å². The zero-order valence-corrected chi connectivity index (χ0v) is 19.6. The molecule has 160 valence electrons. The molecule has 0 spiro atoms. The Morgan fingerprint density at radius 1 is 1.13 bits per heavy atom. The molecule has 0 aromatic heterocycles. The Morgan fingerprint density at radius 2 is 1.87 bits per heavy atom. The number of carbonyl (C=O) groups excluding carboxylic acids is 2. The van der Waals surface area contributed by atoms with Gasteiger partial charge in [0.05, 0.1) is 4.91 Å². The number of thioether (sulfide) groups is 1. The first-order valence-electron chi connectivity index (χ1n) is 10.2. The molecule has 1 heterocycles. The van der Waals surface area contributed by atoms with Gasteiger partial charge in [0, 0.05) is 18.7 Å². The van der Waals surface area contributed by atoms with Crippen LogP contribution in [0.25, 0.3) is 6.08 Å². The molecule has 1 fully saturated rings. The third-order valence-corrected chi connectivity index (χ3v) is 6.38. The highest BCUT2D eigenvalue weighted by atomic mass is 32.2. The zero-order chi connectivity index (χ0) is 22.4. The summed E-state index contributed by atoms with van der Waals surface area (Å²) in [6.07, 6.45) is 4.79. The quantitative estimate of drug-likeness (QED) is 0.423. The number of thiocarbonyl (C=S) groups is 1. The van der Waals surface area contributed by atoms with E-state index in [-0.39, 0.29) is 11.8 Å². The summed E-state index contributed by atoms with van der Waals surface area (Å²) in [5, 5.41) is 2.92. The molecule has 1 N–H and O–H groups in total. The first kappa shape index (κ1) is 23.0. The number of rotatable bonds is 7. The Morgan fingerprint density at radius 3 is 2.58 bits per heavy atom. The molecule has 31 heavy (non-hydrogen) atoms. The lowest BCUT2D eigenvalue weighted by atomic mass is 10.1. The van der Waals surface area contributed by atoms with E-state index in [9.17, 15) is 9.59 Å². The van der Waals surface area contributed by atoms with Crippen LogP contribution < -0.4 is 5.32 Å². The number of allylic oxidation sites excluding steroid dienone is 2. The lowest BCUT2D eigenvalue weighted by molar-refractivity contribution is -0.122. The van der Waals surface area contributed by atoms with Crippen LogP contribution >= 0.6 is 24.0 Å². The van der Waals surface area contributed by atoms with Gasteiger partial charge in [-0.1, -0.05) is 66.5 Å². The lowest BCUT2D eigenvalue weighted by Crippen LogP contribution is -2.29. The SMILES string of the molecule is CC(=Cc1ccccc1)C=C1SC(=S)N(CCCC(=O)Nc2ccc(C)c(C)c2)C1=O. The molecule has 2 aromatic carbocycles. The number of amides is 2. The average molecular weight is 451 g/mol. The van der Waals surface area contributed by atoms with Crippen molar-refractivity contribution in [2.45, 2.75) is 33.6 Å². The van der Waals surface area contributed by atoms with Gasteiger partial charge in [0.25, 0.3) is 5.91 Å². The maximum atomic E-state index is 12.8. The highest BCUT2D eigenvalue weighted by Crippen LogP contribution is 2.32. The minimum absolute atomic E-state index is 0.0640. The van der Waals surface area contributed by atoms with Crippen molar-refractivity contribution < 1.29 is 9.59 Å². The van der Waals surface area contributed by atoms with Crippen LogP contribution in [0.4, 0.5) is 5.69 Å². The minimum Gasteiger partial charge on any atom is -0.326 e. The largest absolute Gasteiger partial charge is 0.326 e. The van der Waals surface area contributed by atoms with Crippen LogP contribution in [-0.2, 0) is 9.59 Å². The fourth-order valence-corrected chi connectivity index (χ4v) is 4.55. The number of nitrogens with zero attached hydrogens (tertiary/aromatic N) is 1. The molecule has 1 aliphatic rings. The fourth-order valence-electron chi connectivity index (χ4n) is 3.19. The van der Waals surface area contributed by atoms with E-state index in [4.69, 9.17) is 12.2 Å². The van der Waals surface area contributed by atoms with Gasteiger partial charge in [0.2, 0.25) is 5.91 Å². The van der Waals surface area contributed by atoms with E-state index >= 15 is 0 Å². The molecule has 6 heteroatoms. The van der Waals surface area contributed by atoms with Gasteiger partial charge in [0.15, 0.2) is 0 Å². The van der Waals surface area contributed by atoms with Gasteiger partial charge in [-0.3, -0.25) is 14.5 Å². The van der Waals surface area contributed by atoms with Gasteiger partial charge in [-0.2, -0.15) is 0 Å². The maximum absolute atomic E-state index is 12.8. The second-order valence-corrected chi connectivity index (χ2v) is 9.26. The third kappa shape index (κ3) is 6.39. The molecule has 2 amide bonds. The molecule has 0 radical (unpaired) electrons. The predicted octanol–water partition coefficient (Wildman–Crippen LogP) is 5.87. The van der Waals surface area contributed by atoms with Crippen molar-refractivity contribution >= 4 is 51.9 Å². The molecule has 1 saturated heterocycles. The number of benzene rings is 2. The Balaban J connectivity index is 1.53. The Hall–Kier alpha value is -2.70. The van der Waals surface area contributed by atoms with Crippen molar-refractivity contribution in [2.24, 2.45) is 0 Å². The van der Waals surface area contributed by atoms with E-state index in [1.54, 1.807) is 4.90 Å². The van der Waals surface area contributed by atoms with E-state index in [0.29, 0.717) is 28.6 Å². The van der Waals surface area contributed by atoms with Crippen LogP contribution in [0, 0.1) is 13.8 Å². The van der Waals surface area contributed by atoms with Crippen molar-refractivity contribution in [3.8, 4) is 0 Å². The minimum atomic E-state index is -0.0922. The Bertz CT molecular complexity index is 1060. The molecule has 0 bridgehead atoms. The second kappa shape index (κ2) is 10.6. The third-order valence-electron chi connectivity index (χ3n) is 5.00. The smallest absolute Gasteiger partial charge is 0.266 e. The van der Waals surface area contributed by atoms with Crippen LogP contribution in [0.1, 0.15) is 36.5 Å². The maximum Gasteiger partial charge on any atom is 0.266 e. The number of carbonyl (C=O) groups is 2. The molecule has 3 rings (SSSR count). The van der Waals surface area contributed by atoms with E-state index in [1.165, 1.54) is 17.3 Å². The van der Waals surface area contributed by atoms with Crippen molar-refractivity contribution in [2.75, 3.05) is 11.9 Å². The van der Waals surface area contributed by atoms with E-state index in [1.807, 2.05) is 81.5 Å². The first-order chi connectivity index (χ1) is 14.8. The molecule has 4 nitrogen and oxygen atoms in total. The van der Waals surface area contributed by atoms with Crippen LogP contribution in [0.15, 0.2) is 65.1 Å². The second-order valence-electron chi connectivity index (χ2n) is 7.58. The summed E-state index contributed by atoms with van der Waals surface area (Å²) >= 11 is 6.71. The van der Waals surface area contributed by atoms with Gasteiger partial charge >= 0.3 is 0 Å². The standard InChI is InChI=1S/C25H26N2O2S2/c1-17(14-20-8-5-4-6-9-20)15-22-24(29)27(25(30)31-22)13-7-10-23(28)26-21-12-11-18(2)19(3)16-21/h4-6,8-9,11-12,14-16H,7,10,13H2,1-3H3,(H,26,28). The molecule has 0 atom stereocenters. The van der Waals surface area contributed by atoms with Crippen LogP contribution in [-0.4, -0.2) is 27.6 Å². The topological polar surface area (TPSA) is 49.4 Å². The highest BCUT2D eigenvalue weighted by molar-refractivity contribution is 8.26. The number of anilines is 1. The number of aryl methyl sites for hydroxylation is 2. The monoisotopic (exact) mass is 450 g/mol. The summed E-state index contributed by atoms with van der Waals surface area (Å²) < 4.78 is 0.540. The summed E-state index contributed by atoms with van der Waals surface area (Å²) in [5.41, 5.74) is 5.19. The molecule has 2 aromatic rings. The summed E-state index contributed by atoms with van der Waals surface area (Å²) in [7, 11) is 0. The summed E-state index contributed by atoms with van der Waals surface area (Å²) in [6, 6.07) is 15.8. The van der Waals surface area contributed by atoms with Crippen LogP contribution in [0.3, 0.4) is 0 Å². The lowest BCUT2D eigenvalue weighted by Gasteiger charge is -2.14. The summed E-state index contributed by atoms with van der Waals surface area (Å²) in [5.74, 6) is -0.156. The van der Waals surface area contributed by atoms with Gasteiger partial charge in [-0.25, -0.2) is 0 Å². The van der Waals surface area contributed by atoms with Crippen molar-refractivity contribution in [1.82, 2.24) is 4.90 Å². The predicted molar refractivity (Wildman–Crippen MR) is 134 cm³/mol. The first-order valence-corrected chi connectivity index (χ1v) is 11.4. The highest BCUT2D eigenvalue weighted by Gasteiger charge is 2.31. The molecule has 0 aliphatic carbocycles. The van der Waals surface area contributed by atoms with E-state index < -0.39 is 0 Å². The summed E-state index contributed by atoms with van der Waals surface area (Å²) in [6.45, 7) is 6.46. The Kier molecular flexibility index (Phi) is 7.82. The molecular weight excluding hydrogens is 424 g/mol. The van der Waals surface area contributed by atoms with Crippen LogP contribution in [0.5, 0.6) is 0 Å². The van der Waals surface area contributed by atoms with E-state index in [0.717, 1.165) is 22.4 Å². The average Bonchev–Trinajstić information content (AvgIpc) is 2.98. The normalized spacial score (nSPS) is 15.6. The summed E-state index contributed by atoms with van der Waals surface area (Å²) in [4.78, 5) is 27.2. The molecule has 0 saturated carbocycles. The van der Waals surface area contributed by atoms with Crippen molar-refractivity contribution in [3.05, 3.63) is 81.8 Å². The molecular formula is C25H26N2O2S2. The van der Waals surface area contributed by atoms with Crippen molar-refractivity contribution in [3.63, 3.8) is 0 Å². The van der Waals surface area contributed by atoms with Gasteiger partial charge < -0.3 is 5.32 Å². The van der Waals surface area contributed by atoms with Gasteiger partial charge in [0.1, 0.15) is 4.32 Å². The molecule has 0 unspecified atom stereocenters. The van der Waals surface area contributed by atoms with Gasteiger partial charge in [-0.15, -0.1) is 0 Å².